The Morgan fingerprint density at radius 1 is 1.33 bits per heavy atom. The van der Waals surface area contributed by atoms with Gasteiger partial charge in [0.25, 0.3) is 0 Å². The maximum absolute atomic E-state index is 13.3. The van der Waals surface area contributed by atoms with Gasteiger partial charge in [-0.15, -0.1) is 0 Å². The summed E-state index contributed by atoms with van der Waals surface area (Å²) in [5.74, 6) is -0.274. The van der Waals surface area contributed by atoms with Crippen LogP contribution in [0.3, 0.4) is 0 Å². The van der Waals surface area contributed by atoms with Crippen LogP contribution >= 0.6 is 23.4 Å². The fraction of sp³-hybridized carbons (Fsp3) is 0.200. The highest BCUT2D eigenvalue weighted by atomic mass is 35.5. The van der Waals surface area contributed by atoms with Gasteiger partial charge in [-0.3, -0.25) is 0 Å². The van der Waals surface area contributed by atoms with Crippen molar-refractivity contribution in [2.24, 2.45) is 0 Å². The van der Waals surface area contributed by atoms with E-state index in [1.807, 2.05) is 6.26 Å². The maximum Gasteiger partial charge on any atom is 0.189 e. The molecule has 1 aromatic carbocycles. The molecular formula is C10H8ClFN2S. The summed E-state index contributed by atoms with van der Waals surface area (Å²) < 4.78 is 13.3. The normalized spacial score (nSPS) is 10.9. The Morgan fingerprint density at radius 2 is 2.07 bits per heavy atom. The van der Waals surface area contributed by atoms with E-state index in [9.17, 15) is 4.39 Å². The zero-order chi connectivity index (χ0) is 11.0. The van der Waals surface area contributed by atoms with E-state index in [4.69, 9.17) is 11.6 Å². The number of thioether (sulfide) groups is 1. The lowest BCUT2D eigenvalue weighted by atomic mass is 10.1. The number of aryl methyl sites for hydroxylation is 1. The molecule has 0 fully saturated rings. The lowest BCUT2D eigenvalue weighted by Gasteiger charge is -2.04. The van der Waals surface area contributed by atoms with Gasteiger partial charge in [0.15, 0.2) is 5.16 Å². The van der Waals surface area contributed by atoms with Crippen LogP contribution in [0.4, 0.5) is 4.39 Å². The molecule has 78 valence electrons. The van der Waals surface area contributed by atoms with Crippen LogP contribution in [0.5, 0.6) is 0 Å². The number of aromatic nitrogens is 2. The van der Waals surface area contributed by atoms with E-state index >= 15 is 0 Å². The summed E-state index contributed by atoms with van der Waals surface area (Å²) >= 11 is 7.36. The molecule has 5 heteroatoms. The number of hydrogen-bond acceptors (Lipinski definition) is 3. The predicted molar refractivity (Wildman–Crippen MR) is 61.0 cm³/mol. The van der Waals surface area contributed by atoms with Crippen LogP contribution in [-0.2, 0) is 0 Å². The van der Waals surface area contributed by atoms with Gasteiger partial charge in [-0.25, -0.2) is 14.4 Å². The first-order valence-electron chi connectivity index (χ1n) is 4.29. The number of fused-ring (bicyclic) bond motifs is 1. The van der Waals surface area contributed by atoms with Crippen molar-refractivity contribution in [1.29, 1.82) is 0 Å². The summed E-state index contributed by atoms with van der Waals surface area (Å²) in [7, 11) is 0. The van der Waals surface area contributed by atoms with E-state index in [1.54, 1.807) is 13.0 Å². The molecule has 0 aliphatic rings. The number of nitrogens with zero attached hydrogens (tertiary/aromatic N) is 2. The fourth-order valence-electron chi connectivity index (χ4n) is 1.29. The third-order valence-corrected chi connectivity index (χ3v) is 2.93. The molecule has 0 aliphatic carbocycles. The van der Waals surface area contributed by atoms with Crippen molar-refractivity contribution in [2.45, 2.75) is 12.1 Å². The van der Waals surface area contributed by atoms with Gasteiger partial charge in [0.1, 0.15) is 11.0 Å². The molecule has 0 unspecified atom stereocenters. The van der Waals surface area contributed by atoms with Crippen molar-refractivity contribution in [2.75, 3.05) is 6.26 Å². The molecule has 0 amide bonds. The lowest BCUT2D eigenvalue weighted by Crippen LogP contribution is -1.92. The standard InChI is InChI=1S/C10H8ClFN2S/c1-5-3-6-8(4-7(5)12)13-10(15-2)14-9(6)11/h3-4H,1-2H3. The van der Waals surface area contributed by atoms with Crippen molar-refractivity contribution in [3.8, 4) is 0 Å². The monoisotopic (exact) mass is 242 g/mol. The molecule has 0 radical (unpaired) electrons. The van der Waals surface area contributed by atoms with Crippen molar-refractivity contribution in [3.63, 3.8) is 0 Å². The highest BCUT2D eigenvalue weighted by molar-refractivity contribution is 7.98. The van der Waals surface area contributed by atoms with Gasteiger partial charge in [-0.2, -0.15) is 0 Å². The number of halogens is 2. The van der Waals surface area contributed by atoms with Gasteiger partial charge in [-0.05, 0) is 24.8 Å². The summed E-state index contributed by atoms with van der Waals surface area (Å²) in [4.78, 5) is 8.27. The highest BCUT2D eigenvalue weighted by Crippen LogP contribution is 2.25. The molecule has 0 saturated carbocycles. The van der Waals surface area contributed by atoms with Crippen molar-refractivity contribution in [1.82, 2.24) is 9.97 Å². The topological polar surface area (TPSA) is 25.8 Å². The van der Waals surface area contributed by atoms with Crippen LogP contribution in [0.25, 0.3) is 10.9 Å². The van der Waals surface area contributed by atoms with E-state index in [-0.39, 0.29) is 5.82 Å². The van der Waals surface area contributed by atoms with Gasteiger partial charge < -0.3 is 0 Å². The number of rotatable bonds is 1. The summed E-state index contributed by atoms with van der Waals surface area (Å²) in [6.07, 6.45) is 1.85. The average molecular weight is 243 g/mol. The zero-order valence-electron chi connectivity index (χ0n) is 8.21. The Labute approximate surface area is 95.9 Å². The van der Waals surface area contributed by atoms with E-state index < -0.39 is 0 Å². The van der Waals surface area contributed by atoms with Gasteiger partial charge in [0.05, 0.1) is 5.52 Å². The summed E-state index contributed by atoms with van der Waals surface area (Å²) in [6, 6.07) is 3.05. The van der Waals surface area contributed by atoms with Gasteiger partial charge in [0.2, 0.25) is 0 Å². The maximum atomic E-state index is 13.3. The van der Waals surface area contributed by atoms with Gasteiger partial charge >= 0.3 is 0 Å². The Kier molecular flexibility index (Phi) is 2.80. The molecule has 0 bridgehead atoms. The number of hydrogen-bond donors (Lipinski definition) is 0. The van der Waals surface area contributed by atoms with E-state index in [1.165, 1.54) is 17.8 Å². The first-order valence-corrected chi connectivity index (χ1v) is 5.89. The van der Waals surface area contributed by atoms with Crippen molar-refractivity contribution in [3.05, 3.63) is 28.7 Å². The SMILES string of the molecule is CSc1nc(Cl)c2cc(C)c(F)cc2n1. The largest absolute Gasteiger partial charge is 0.222 e. The Bertz CT molecular complexity index is 530. The molecule has 0 saturated heterocycles. The molecule has 2 aromatic rings. The second kappa shape index (κ2) is 3.94. The minimum absolute atomic E-state index is 0.274. The lowest BCUT2D eigenvalue weighted by molar-refractivity contribution is 0.620. The van der Waals surface area contributed by atoms with E-state index in [2.05, 4.69) is 9.97 Å². The molecular weight excluding hydrogens is 235 g/mol. The first kappa shape index (κ1) is 10.6. The van der Waals surface area contributed by atoms with Crippen LogP contribution in [0, 0.1) is 12.7 Å². The molecule has 1 heterocycles. The third-order valence-electron chi connectivity index (χ3n) is 2.09. The molecule has 2 rings (SSSR count). The van der Waals surface area contributed by atoms with Crippen LogP contribution in [-0.4, -0.2) is 16.2 Å². The van der Waals surface area contributed by atoms with Crippen LogP contribution < -0.4 is 0 Å². The second-order valence-corrected chi connectivity index (χ2v) is 4.25. The minimum atomic E-state index is -0.274. The highest BCUT2D eigenvalue weighted by Gasteiger charge is 2.08. The first-order chi connectivity index (χ1) is 7.11. The predicted octanol–water partition coefficient (Wildman–Crippen LogP) is 3.45. The fourth-order valence-corrected chi connectivity index (χ4v) is 1.95. The number of benzene rings is 1. The summed E-state index contributed by atoms with van der Waals surface area (Å²) in [5, 5.41) is 1.61. The minimum Gasteiger partial charge on any atom is -0.222 e. The molecule has 0 spiro atoms. The van der Waals surface area contributed by atoms with Crippen molar-refractivity contribution >= 4 is 34.3 Å². The van der Waals surface area contributed by atoms with Crippen LogP contribution in [0.2, 0.25) is 5.15 Å². The zero-order valence-corrected chi connectivity index (χ0v) is 9.79. The summed E-state index contributed by atoms with van der Waals surface area (Å²) in [6.45, 7) is 1.69. The Balaban J connectivity index is 2.80. The van der Waals surface area contributed by atoms with Crippen LogP contribution in [0.1, 0.15) is 5.56 Å². The van der Waals surface area contributed by atoms with Gasteiger partial charge in [0, 0.05) is 11.5 Å². The van der Waals surface area contributed by atoms with E-state index in [0.29, 0.717) is 26.8 Å². The smallest absolute Gasteiger partial charge is 0.189 e. The molecule has 1 aromatic heterocycles. The molecule has 0 aliphatic heterocycles. The van der Waals surface area contributed by atoms with E-state index in [0.717, 1.165) is 0 Å². The average Bonchev–Trinajstić information content (AvgIpc) is 2.21. The van der Waals surface area contributed by atoms with Gasteiger partial charge in [-0.1, -0.05) is 23.4 Å². The third kappa shape index (κ3) is 1.92. The molecule has 0 atom stereocenters. The molecule has 0 N–H and O–H groups in total. The summed E-state index contributed by atoms with van der Waals surface area (Å²) in [5.41, 5.74) is 1.09. The Morgan fingerprint density at radius 3 is 2.73 bits per heavy atom. The molecule has 15 heavy (non-hydrogen) atoms. The van der Waals surface area contributed by atoms with Crippen LogP contribution in [0.15, 0.2) is 17.3 Å². The quantitative estimate of drug-likeness (QED) is 0.435. The second-order valence-electron chi connectivity index (χ2n) is 3.12. The van der Waals surface area contributed by atoms with Crippen molar-refractivity contribution < 1.29 is 4.39 Å². The molecule has 2 nitrogen and oxygen atoms in total. The Hall–Kier alpha value is -0.870.